The second kappa shape index (κ2) is 7.51. The highest BCUT2D eigenvalue weighted by molar-refractivity contribution is 6.42. The van der Waals surface area contributed by atoms with E-state index in [1.807, 2.05) is 36.4 Å². The Morgan fingerprint density at radius 3 is 2.71 bits per heavy atom. The van der Waals surface area contributed by atoms with E-state index in [-0.39, 0.29) is 5.91 Å². The number of halogens is 2. The van der Waals surface area contributed by atoms with E-state index in [2.05, 4.69) is 15.6 Å². The number of amides is 1. The van der Waals surface area contributed by atoms with Gasteiger partial charge in [-0.2, -0.15) is 0 Å². The third-order valence-electron chi connectivity index (χ3n) is 3.51. The lowest BCUT2D eigenvalue weighted by Gasteiger charge is -2.09. The molecule has 4 nitrogen and oxygen atoms in total. The summed E-state index contributed by atoms with van der Waals surface area (Å²) < 4.78 is 0. The molecule has 24 heavy (non-hydrogen) atoms. The molecule has 0 aliphatic rings. The Morgan fingerprint density at radius 1 is 1.04 bits per heavy atom. The van der Waals surface area contributed by atoms with Gasteiger partial charge in [0.25, 0.3) is 0 Å². The van der Waals surface area contributed by atoms with Crippen molar-refractivity contribution in [1.29, 1.82) is 0 Å². The number of nitrogens with zero attached hydrogens (tertiary/aromatic N) is 1. The smallest absolute Gasteiger partial charge is 0.226 e. The van der Waals surface area contributed by atoms with E-state index in [1.165, 1.54) is 0 Å². The topological polar surface area (TPSA) is 54.0 Å². The minimum absolute atomic E-state index is 0.0827. The van der Waals surface area contributed by atoms with Crippen molar-refractivity contribution in [2.24, 2.45) is 0 Å². The highest BCUT2D eigenvalue weighted by Gasteiger charge is 2.07. The molecule has 122 valence electrons. The third kappa shape index (κ3) is 3.96. The van der Waals surface area contributed by atoms with Gasteiger partial charge in [0, 0.05) is 30.2 Å². The minimum Gasteiger partial charge on any atom is -0.384 e. The molecule has 0 aliphatic heterocycles. The summed E-state index contributed by atoms with van der Waals surface area (Å²) in [5, 5.41) is 8.02. The molecule has 2 aromatic carbocycles. The highest BCUT2D eigenvalue weighted by atomic mass is 35.5. The molecule has 2 N–H and O–H groups in total. The summed E-state index contributed by atoms with van der Waals surface area (Å²) in [6, 6.07) is 14.8. The molecule has 3 aromatic rings. The van der Waals surface area contributed by atoms with Gasteiger partial charge in [-0.05, 0) is 30.3 Å². The molecule has 0 bridgehead atoms. The lowest BCUT2D eigenvalue weighted by molar-refractivity contribution is -0.115. The number of rotatable bonds is 5. The molecule has 1 amide bonds. The average Bonchev–Trinajstić information content (AvgIpc) is 2.58. The second-order valence-electron chi connectivity index (χ2n) is 5.23. The minimum atomic E-state index is -0.0827. The molecule has 1 heterocycles. The van der Waals surface area contributed by atoms with Crippen LogP contribution in [0.25, 0.3) is 10.9 Å². The fourth-order valence-electron chi connectivity index (χ4n) is 2.34. The number of anilines is 2. The van der Waals surface area contributed by atoms with Crippen LogP contribution in [0.4, 0.5) is 11.4 Å². The van der Waals surface area contributed by atoms with E-state index in [9.17, 15) is 4.79 Å². The molecular formula is C18H15Cl2N3O. The summed E-state index contributed by atoms with van der Waals surface area (Å²) in [5.74, 6) is -0.0827. The summed E-state index contributed by atoms with van der Waals surface area (Å²) >= 11 is 11.8. The monoisotopic (exact) mass is 359 g/mol. The molecule has 0 saturated heterocycles. The zero-order valence-electron chi connectivity index (χ0n) is 12.7. The molecule has 0 radical (unpaired) electrons. The van der Waals surface area contributed by atoms with Crippen molar-refractivity contribution in [1.82, 2.24) is 4.98 Å². The van der Waals surface area contributed by atoms with Gasteiger partial charge in [-0.25, -0.2) is 0 Å². The zero-order chi connectivity index (χ0) is 16.9. The standard InChI is InChI=1S/C18H15Cl2N3O/c19-14-7-6-13(11-15(14)20)21-10-8-17(24)23-16-5-1-3-12-4-2-9-22-18(12)16/h1-7,9,11,21H,8,10H2,(H,23,24). The van der Waals surface area contributed by atoms with Gasteiger partial charge in [-0.15, -0.1) is 0 Å². The molecule has 1 aromatic heterocycles. The fraction of sp³-hybridized carbons (Fsp3) is 0.111. The Kier molecular flexibility index (Phi) is 5.18. The number of aromatic nitrogens is 1. The van der Waals surface area contributed by atoms with Gasteiger partial charge >= 0.3 is 0 Å². The molecule has 0 fully saturated rings. The van der Waals surface area contributed by atoms with Crippen molar-refractivity contribution in [3.8, 4) is 0 Å². The van der Waals surface area contributed by atoms with Crippen LogP contribution < -0.4 is 10.6 Å². The number of fused-ring (bicyclic) bond motifs is 1. The van der Waals surface area contributed by atoms with Gasteiger partial charge in [0.2, 0.25) is 5.91 Å². The first-order chi connectivity index (χ1) is 11.6. The first-order valence-electron chi connectivity index (χ1n) is 7.46. The lowest BCUT2D eigenvalue weighted by atomic mass is 10.2. The van der Waals surface area contributed by atoms with E-state index in [0.29, 0.717) is 28.7 Å². The summed E-state index contributed by atoms with van der Waals surface area (Å²) in [7, 11) is 0. The van der Waals surface area contributed by atoms with E-state index >= 15 is 0 Å². The van der Waals surface area contributed by atoms with E-state index in [1.54, 1.807) is 18.3 Å². The maximum atomic E-state index is 12.1. The Bertz CT molecular complexity index is 878. The van der Waals surface area contributed by atoms with Crippen molar-refractivity contribution in [2.75, 3.05) is 17.2 Å². The van der Waals surface area contributed by atoms with E-state index < -0.39 is 0 Å². The first kappa shape index (κ1) is 16.6. The number of nitrogens with one attached hydrogen (secondary N) is 2. The fourth-order valence-corrected chi connectivity index (χ4v) is 2.64. The number of para-hydroxylation sites is 1. The van der Waals surface area contributed by atoms with Gasteiger partial charge in [0.15, 0.2) is 0 Å². The molecule has 3 rings (SSSR count). The number of carbonyl (C=O) groups excluding carboxylic acids is 1. The number of pyridine rings is 1. The number of benzene rings is 2. The molecular weight excluding hydrogens is 345 g/mol. The zero-order valence-corrected chi connectivity index (χ0v) is 14.2. The quantitative estimate of drug-likeness (QED) is 0.675. The molecule has 0 aliphatic carbocycles. The average molecular weight is 360 g/mol. The molecule has 0 unspecified atom stereocenters. The van der Waals surface area contributed by atoms with Crippen molar-refractivity contribution < 1.29 is 4.79 Å². The van der Waals surface area contributed by atoms with Crippen LogP contribution in [0.2, 0.25) is 10.0 Å². The summed E-state index contributed by atoms with van der Waals surface area (Å²) in [4.78, 5) is 16.5. The van der Waals surface area contributed by atoms with Crippen LogP contribution in [0.1, 0.15) is 6.42 Å². The Labute approximate surface area is 149 Å². The van der Waals surface area contributed by atoms with Crippen molar-refractivity contribution in [3.63, 3.8) is 0 Å². The third-order valence-corrected chi connectivity index (χ3v) is 4.25. The number of carbonyl (C=O) groups is 1. The first-order valence-corrected chi connectivity index (χ1v) is 8.21. The molecule has 0 saturated carbocycles. The number of hydrogen-bond donors (Lipinski definition) is 2. The van der Waals surface area contributed by atoms with Crippen LogP contribution in [0.3, 0.4) is 0 Å². The second-order valence-corrected chi connectivity index (χ2v) is 6.05. The van der Waals surface area contributed by atoms with Crippen molar-refractivity contribution >= 4 is 51.4 Å². The Morgan fingerprint density at radius 2 is 1.88 bits per heavy atom. The van der Waals surface area contributed by atoms with Crippen LogP contribution in [0.5, 0.6) is 0 Å². The van der Waals surface area contributed by atoms with Crippen LogP contribution in [0.15, 0.2) is 54.7 Å². The number of hydrogen-bond acceptors (Lipinski definition) is 3. The highest BCUT2D eigenvalue weighted by Crippen LogP contribution is 2.25. The lowest BCUT2D eigenvalue weighted by Crippen LogP contribution is -2.16. The summed E-state index contributed by atoms with van der Waals surface area (Å²) in [6.07, 6.45) is 2.04. The van der Waals surface area contributed by atoms with Crippen LogP contribution in [-0.2, 0) is 4.79 Å². The predicted octanol–water partition coefficient (Wildman–Crippen LogP) is 4.98. The molecule has 6 heteroatoms. The molecule has 0 atom stereocenters. The van der Waals surface area contributed by atoms with Crippen molar-refractivity contribution in [2.45, 2.75) is 6.42 Å². The maximum absolute atomic E-state index is 12.1. The van der Waals surface area contributed by atoms with Crippen LogP contribution >= 0.6 is 23.2 Å². The largest absolute Gasteiger partial charge is 0.384 e. The summed E-state index contributed by atoms with van der Waals surface area (Å²) in [6.45, 7) is 0.488. The molecule has 0 spiro atoms. The van der Waals surface area contributed by atoms with Crippen LogP contribution in [0, 0.1) is 0 Å². The Hall–Kier alpha value is -2.30. The van der Waals surface area contributed by atoms with Gasteiger partial charge in [-0.3, -0.25) is 9.78 Å². The predicted molar refractivity (Wildman–Crippen MR) is 99.9 cm³/mol. The van der Waals surface area contributed by atoms with Gasteiger partial charge in [0.05, 0.1) is 21.2 Å². The normalized spacial score (nSPS) is 10.6. The van der Waals surface area contributed by atoms with Crippen molar-refractivity contribution in [3.05, 3.63) is 64.8 Å². The van der Waals surface area contributed by atoms with E-state index in [4.69, 9.17) is 23.2 Å². The summed E-state index contributed by atoms with van der Waals surface area (Å²) in [5.41, 5.74) is 2.32. The van der Waals surface area contributed by atoms with Gasteiger partial charge < -0.3 is 10.6 Å². The van der Waals surface area contributed by atoms with E-state index in [0.717, 1.165) is 16.6 Å². The van der Waals surface area contributed by atoms with Gasteiger partial charge in [0.1, 0.15) is 0 Å². The van der Waals surface area contributed by atoms with Gasteiger partial charge in [-0.1, -0.05) is 41.4 Å². The SMILES string of the molecule is O=C(CCNc1ccc(Cl)c(Cl)c1)Nc1cccc2cccnc12. The van der Waals surface area contributed by atoms with Crippen LogP contribution in [-0.4, -0.2) is 17.4 Å². The maximum Gasteiger partial charge on any atom is 0.226 e. The Balaban J connectivity index is 1.58.